The first-order chi connectivity index (χ1) is 41.4. The number of nitrogens with zero attached hydrogens (tertiary/aromatic N) is 10. The van der Waals surface area contributed by atoms with Crippen LogP contribution in [0.2, 0.25) is 0 Å². The molecule has 10 aromatic rings. The van der Waals surface area contributed by atoms with Gasteiger partial charge in [-0.05, 0) is 95.1 Å². The maximum absolute atomic E-state index is 10.7. The smallest absolute Gasteiger partial charge is 0.175 e. The average molecular weight is 1410 g/mol. The van der Waals surface area contributed by atoms with Crippen LogP contribution in [0.4, 0.5) is 101 Å². The molecule has 0 spiro atoms. The van der Waals surface area contributed by atoms with Crippen molar-refractivity contribution in [1.29, 1.82) is 0 Å². The van der Waals surface area contributed by atoms with Crippen molar-refractivity contribution in [1.82, 2.24) is 29.9 Å². The molecule has 10 rings (SSSR count). The fourth-order valence-corrected chi connectivity index (χ4v) is 7.57. The van der Waals surface area contributed by atoms with Crippen molar-refractivity contribution in [3.05, 3.63) is 242 Å². The molecule has 0 aliphatic carbocycles. The van der Waals surface area contributed by atoms with Gasteiger partial charge in [0.05, 0.1) is 34.2 Å². The molecule has 0 atom stereocenters. The van der Waals surface area contributed by atoms with Crippen molar-refractivity contribution in [2.45, 2.75) is 26.2 Å². The van der Waals surface area contributed by atoms with Crippen LogP contribution >= 0.6 is 31.2 Å². The summed E-state index contributed by atoms with van der Waals surface area (Å²) < 4.78 is 245. The van der Waals surface area contributed by atoms with Gasteiger partial charge in [0, 0.05) is 108 Å². The second kappa shape index (κ2) is 23.9. The molecule has 0 aliphatic heterocycles. The average Bonchev–Trinajstić information content (AvgIpc) is 0.823. The molecule has 0 unspecified atom stereocenters. The molecule has 38 heteroatoms. The fraction of sp³-hybridized carbons (Fsp3) is 0.0741. The summed E-state index contributed by atoms with van der Waals surface area (Å²) in [6.07, 6.45) is 28.2. The zero-order valence-electron chi connectivity index (χ0n) is 45.9. The Morgan fingerprint density at radius 2 is 0.391 bits per heavy atom. The van der Waals surface area contributed by atoms with Gasteiger partial charge in [-0.15, -0.1) is 0 Å². The third-order valence-electron chi connectivity index (χ3n) is 11.1. The van der Waals surface area contributed by atoms with Crippen molar-refractivity contribution in [2.24, 2.45) is 0 Å². The molecule has 0 amide bonds. The van der Waals surface area contributed by atoms with Gasteiger partial charge >= 0.3 is 132 Å². The first-order valence-electron chi connectivity index (χ1n) is 25.3. The maximum Gasteiger partial charge on any atom is 0.175 e. The summed E-state index contributed by atoms with van der Waals surface area (Å²) in [7, 11) is -42.6. The molecule has 0 saturated carbocycles. The molecule has 0 aliphatic rings. The van der Waals surface area contributed by atoms with E-state index < -0.39 is 31.2 Å². The van der Waals surface area contributed by atoms with Crippen LogP contribution in [0, 0.1) is 0 Å². The van der Waals surface area contributed by atoms with E-state index >= 15 is 0 Å². The predicted molar refractivity (Wildman–Crippen MR) is 298 cm³/mol. The standard InChI is InChI=1S/C54H44N10.4F6P/c1-3-23-55-49(5-1)51-11-7-41(33-57-51)37-61-25-15-45(16-26-61)47-19-29-63(30-20-47)39-43-9-13-53(59-35-43)54-14-10-44(36-60-54)40-64-31-21-48(22-32-64)46-17-27-62(28-18-46)38-42-8-12-52(58-34-42)50-6-2-4-24-56-50;4*1-7(2,3,4,5)6/h1-36H,37-40H2;;;;/q+4;4*-1. The maximum atomic E-state index is 9.87. The predicted octanol–water partition coefficient (Wildman–Crippen LogP) is 21.3. The largest absolute Gasteiger partial charge is 0.255 e. The van der Waals surface area contributed by atoms with E-state index in [9.17, 15) is 101 Å². The quantitative estimate of drug-likeness (QED) is 0.0649. The molecule has 0 aromatic carbocycles. The molecule has 0 bridgehead atoms. The van der Waals surface area contributed by atoms with Crippen LogP contribution in [-0.4, -0.2) is 29.9 Å². The van der Waals surface area contributed by atoms with Crippen LogP contribution in [-0.2, 0) is 26.2 Å². The van der Waals surface area contributed by atoms with Gasteiger partial charge in [-0.25, -0.2) is 18.3 Å². The minimum Gasteiger partial charge on any atom is -0.255 e. The summed E-state index contributed by atoms with van der Waals surface area (Å²) in [5.74, 6) is 0. The van der Waals surface area contributed by atoms with Gasteiger partial charge in [0.2, 0.25) is 0 Å². The number of halogens is 24. The molecule has 0 radical (unpaired) electrons. The SMILES string of the molecule is F[P-](F)(F)(F)(F)F.F[P-](F)(F)(F)(F)F.F[P-](F)(F)(F)(F)F.F[P-](F)(F)(F)(F)F.c1ccc(-c2ccc(C[n+]3ccc(-c4cc[n+](Cc5ccc(-c6ccc(C[n+]7ccc(-c8cc[n+](Cc9ccc(-c%10ccccn%10)nc9)cc8)cc7)cn6)nc5)cc4)cc3)cn2)nc1. The summed E-state index contributed by atoms with van der Waals surface area (Å²) in [6.45, 7) is 2.94. The van der Waals surface area contributed by atoms with Crippen molar-refractivity contribution < 1.29 is 119 Å². The Balaban J connectivity index is 0.000000400. The molecule has 498 valence electrons. The summed E-state index contributed by atoms with van der Waals surface area (Å²) in [5, 5.41) is 0. The van der Waals surface area contributed by atoms with E-state index in [1.54, 1.807) is 12.4 Å². The van der Waals surface area contributed by atoms with Crippen LogP contribution in [0.25, 0.3) is 56.4 Å². The van der Waals surface area contributed by atoms with Crippen molar-refractivity contribution in [3.63, 3.8) is 0 Å². The fourth-order valence-electron chi connectivity index (χ4n) is 7.57. The molecule has 10 aromatic heterocycles. The van der Waals surface area contributed by atoms with Gasteiger partial charge in [0.25, 0.3) is 0 Å². The third kappa shape index (κ3) is 34.7. The van der Waals surface area contributed by atoms with Crippen molar-refractivity contribution in [3.8, 4) is 56.4 Å². The second-order valence-electron chi connectivity index (χ2n) is 19.5. The zero-order valence-corrected chi connectivity index (χ0v) is 49.5. The number of hydrogen-bond acceptors (Lipinski definition) is 6. The van der Waals surface area contributed by atoms with Crippen LogP contribution in [0.15, 0.2) is 220 Å². The minimum atomic E-state index is -10.7. The van der Waals surface area contributed by atoms with Crippen molar-refractivity contribution >= 4 is 31.2 Å². The Kier molecular flexibility index (Phi) is 18.9. The third-order valence-corrected chi connectivity index (χ3v) is 11.1. The van der Waals surface area contributed by atoms with Gasteiger partial charge in [0.1, 0.15) is 0 Å². The van der Waals surface area contributed by atoms with E-state index in [-0.39, 0.29) is 0 Å². The Morgan fingerprint density at radius 3 is 0.533 bits per heavy atom. The summed E-state index contributed by atoms with van der Waals surface area (Å²) in [5.41, 5.74) is 14.4. The molecule has 10 nitrogen and oxygen atoms in total. The summed E-state index contributed by atoms with van der Waals surface area (Å²) in [4.78, 5) is 27.5. The molecular weight excluding hydrogens is 1370 g/mol. The van der Waals surface area contributed by atoms with Crippen LogP contribution < -0.4 is 18.3 Å². The summed E-state index contributed by atoms with van der Waals surface area (Å²) in [6, 6.07) is 45.6. The van der Waals surface area contributed by atoms with Crippen molar-refractivity contribution in [2.75, 3.05) is 0 Å². The van der Waals surface area contributed by atoms with Crippen LogP contribution in [0.3, 0.4) is 0 Å². The minimum absolute atomic E-state index is 0.725. The topological polar surface area (TPSA) is 92.9 Å². The van der Waals surface area contributed by atoms with Gasteiger partial charge < -0.3 is 0 Å². The van der Waals surface area contributed by atoms with Crippen LogP contribution in [0.5, 0.6) is 0 Å². The number of hydrogen-bond donors (Lipinski definition) is 0. The molecule has 0 saturated heterocycles. The van der Waals surface area contributed by atoms with E-state index in [2.05, 4.69) is 161 Å². The molecule has 92 heavy (non-hydrogen) atoms. The normalized spacial score (nSPS) is 14.7. The molecular formula is C54H44F24N10P4. The molecule has 0 fully saturated rings. The Morgan fingerprint density at radius 1 is 0.217 bits per heavy atom. The van der Waals surface area contributed by atoms with Gasteiger partial charge in [0.15, 0.2) is 75.8 Å². The summed E-state index contributed by atoms with van der Waals surface area (Å²) >= 11 is 0. The number of aromatic nitrogens is 10. The Labute approximate surface area is 503 Å². The van der Waals surface area contributed by atoms with E-state index in [4.69, 9.17) is 9.97 Å². The van der Waals surface area contributed by atoms with E-state index in [1.807, 2.05) is 85.5 Å². The zero-order chi connectivity index (χ0) is 68.6. The first-order valence-corrected chi connectivity index (χ1v) is 33.4. The second-order valence-corrected chi connectivity index (χ2v) is 27.2. The Hall–Kier alpha value is -8.46. The Bertz CT molecular complexity index is 3710. The molecule has 10 heterocycles. The van der Waals surface area contributed by atoms with E-state index in [0.29, 0.717) is 0 Å². The van der Waals surface area contributed by atoms with Gasteiger partial charge in [-0.2, -0.15) is 0 Å². The molecule has 0 N–H and O–H groups in total. The van der Waals surface area contributed by atoms with E-state index in [1.165, 1.54) is 22.3 Å². The number of pyridine rings is 10. The van der Waals surface area contributed by atoms with E-state index in [0.717, 1.165) is 82.6 Å². The first kappa shape index (κ1) is 72.6. The number of rotatable bonds is 13. The monoisotopic (exact) mass is 1410 g/mol. The van der Waals surface area contributed by atoms with Gasteiger partial charge in [-0.3, -0.25) is 29.9 Å². The van der Waals surface area contributed by atoms with Gasteiger partial charge in [-0.1, -0.05) is 12.1 Å². The van der Waals surface area contributed by atoms with Crippen LogP contribution in [0.1, 0.15) is 22.3 Å².